The molecule has 0 bridgehead atoms. The highest BCUT2D eigenvalue weighted by Gasteiger charge is 2.04. The normalized spacial score (nSPS) is 9.94. The van der Waals surface area contributed by atoms with Crippen LogP contribution in [0.25, 0.3) is 0 Å². The fourth-order valence-electron chi connectivity index (χ4n) is 1.35. The molecular weight excluding hydrogens is 225 g/mol. The van der Waals surface area contributed by atoms with Gasteiger partial charge < -0.3 is 10.4 Å². The van der Waals surface area contributed by atoms with Crippen LogP contribution in [0.3, 0.4) is 0 Å². The van der Waals surface area contributed by atoms with Gasteiger partial charge in [-0.2, -0.15) is 0 Å². The van der Waals surface area contributed by atoms with E-state index in [1.165, 1.54) is 18.2 Å². The molecule has 0 heterocycles. The van der Waals surface area contributed by atoms with Crippen molar-refractivity contribution >= 4 is 17.6 Å². The minimum Gasteiger partial charge on any atom is -0.481 e. The van der Waals surface area contributed by atoms with Crippen LogP contribution in [0.2, 0.25) is 0 Å². The monoisotopic (exact) mass is 239 g/mol. The number of nitrogens with one attached hydrogen (secondary N) is 1. The molecule has 0 atom stereocenters. The summed E-state index contributed by atoms with van der Waals surface area (Å²) in [5.41, 5.74) is 0.410. The molecule has 5 heteroatoms. The summed E-state index contributed by atoms with van der Waals surface area (Å²) in [7, 11) is 0. The van der Waals surface area contributed by atoms with Crippen LogP contribution in [0.5, 0.6) is 0 Å². The van der Waals surface area contributed by atoms with E-state index in [2.05, 4.69) is 5.32 Å². The number of carbonyl (C=O) groups excluding carboxylic acids is 1. The average molecular weight is 239 g/mol. The molecule has 2 N–H and O–H groups in total. The Balaban J connectivity index is 2.27. The van der Waals surface area contributed by atoms with Gasteiger partial charge in [-0.15, -0.1) is 0 Å². The third kappa shape index (κ3) is 5.65. The highest BCUT2D eigenvalue weighted by Crippen LogP contribution is 2.10. The van der Waals surface area contributed by atoms with Gasteiger partial charge in [0.15, 0.2) is 0 Å². The Labute approximate surface area is 98.5 Å². The van der Waals surface area contributed by atoms with Crippen molar-refractivity contribution in [2.75, 3.05) is 5.32 Å². The second kappa shape index (κ2) is 6.62. The predicted octanol–water partition coefficient (Wildman–Crippen LogP) is 2.41. The molecule has 1 aromatic carbocycles. The van der Waals surface area contributed by atoms with E-state index in [0.29, 0.717) is 18.5 Å². The first-order chi connectivity index (χ1) is 8.08. The van der Waals surface area contributed by atoms with Crippen molar-refractivity contribution in [3.05, 3.63) is 30.1 Å². The van der Waals surface area contributed by atoms with Gasteiger partial charge in [0.25, 0.3) is 0 Å². The van der Waals surface area contributed by atoms with E-state index < -0.39 is 11.8 Å². The predicted molar refractivity (Wildman–Crippen MR) is 61.1 cm³/mol. The Morgan fingerprint density at radius 2 is 1.94 bits per heavy atom. The number of benzene rings is 1. The van der Waals surface area contributed by atoms with Gasteiger partial charge in [-0.05, 0) is 31.0 Å². The molecule has 0 aliphatic heterocycles. The molecule has 92 valence electrons. The molecule has 0 fully saturated rings. The molecule has 1 rings (SSSR count). The van der Waals surface area contributed by atoms with Gasteiger partial charge in [-0.25, -0.2) is 4.39 Å². The lowest BCUT2D eigenvalue weighted by atomic mass is 10.2. The third-order valence-corrected chi connectivity index (χ3v) is 2.15. The van der Waals surface area contributed by atoms with Gasteiger partial charge in [-0.3, -0.25) is 9.59 Å². The van der Waals surface area contributed by atoms with E-state index >= 15 is 0 Å². The van der Waals surface area contributed by atoms with Gasteiger partial charge in [0, 0.05) is 18.5 Å². The summed E-state index contributed by atoms with van der Waals surface area (Å²) in [5.74, 6) is -1.51. The number of amides is 1. The van der Waals surface area contributed by atoms with E-state index in [1.54, 1.807) is 6.07 Å². The maximum absolute atomic E-state index is 12.8. The topological polar surface area (TPSA) is 66.4 Å². The molecule has 1 amide bonds. The molecule has 0 unspecified atom stereocenters. The fourth-order valence-corrected chi connectivity index (χ4v) is 1.35. The third-order valence-electron chi connectivity index (χ3n) is 2.15. The molecular formula is C12H14FNO3. The number of aliphatic carboxylic acids is 1. The van der Waals surface area contributed by atoms with Gasteiger partial charge in [-0.1, -0.05) is 6.07 Å². The smallest absolute Gasteiger partial charge is 0.303 e. The summed E-state index contributed by atoms with van der Waals surface area (Å²) in [6, 6.07) is 5.63. The fraction of sp³-hybridized carbons (Fsp3) is 0.333. The largest absolute Gasteiger partial charge is 0.481 e. The summed E-state index contributed by atoms with van der Waals surface area (Å²) in [6.45, 7) is 0. The number of hydrogen-bond acceptors (Lipinski definition) is 2. The average Bonchev–Trinajstić information content (AvgIpc) is 2.24. The van der Waals surface area contributed by atoms with Gasteiger partial charge in [0.05, 0.1) is 0 Å². The maximum atomic E-state index is 12.8. The van der Waals surface area contributed by atoms with E-state index in [-0.39, 0.29) is 18.7 Å². The lowest BCUT2D eigenvalue weighted by molar-refractivity contribution is -0.137. The number of carboxylic acid groups (broad SMARTS) is 1. The Bertz CT molecular complexity index is 406. The molecule has 0 spiro atoms. The number of halogens is 1. The first kappa shape index (κ1) is 13.2. The van der Waals surface area contributed by atoms with Crippen LogP contribution in [0.15, 0.2) is 24.3 Å². The van der Waals surface area contributed by atoms with E-state index in [1.807, 2.05) is 0 Å². The van der Waals surface area contributed by atoms with Crippen molar-refractivity contribution in [3.8, 4) is 0 Å². The van der Waals surface area contributed by atoms with E-state index in [0.717, 1.165) is 0 Å². The van der Waals surface area contributed by atoms with Crippen molar-refractivity contribution in [3.63, 3.8) is 0 Å². The number of carbonyl (C=O) groups is 2. The molecule has 0 aliphatic carbocycles. The first-order valence-corrected chi connectivity index (χ1v) is 5.35. The minimum absolute atomic E-state index is 0.0627. The highest BCUT2D eigenvalue weighted by molar-refractivity contribution is 5.90. The van der Waals surface area contributed by atoms with Crippen molar-refractivity contribution in [1.82, 2.24) is 0 Å². The molecule has 0 saturated carbocycles. The molecule has 0 saturated heterocycles. The zero-order valence-corrected chi connectivity index (χ0v) is 9.28. The van der Waals surface area contributed by atoms with Crippen LogP contribution >= 0.6 is 0 Å². The van der Waals surface area contributed by atoms with Crippen molar-refractivity contribution < 1.29 is 19.1 Å². The second-order valence-corrected chi connectivity index (χ2v) is 3.66. The highest BCUT2D eigenvalue weighted by atomic mass is 19.1. The van der Waals surface area contributed by atoms with E-state index in [9.17, 15) is 14.0 Å². The molecule has 0 aromatic heterocycles. The SMILES string of the molecule is O=C(O)CCCCC(=O)Nc1cccc(F)c1. The lowest BCUT2D eigenvalue weighted by Crippen LogP contribution is -2.11. The van der Waals surface area contributed by atoms with Crippen LogP contribution in [-0.4, -0.2) is 17.0 Å². The number of unbranched alkanes of at least 4 members (excludes halogenated alkanes) is 1. The summed E-state index contributed by atoms with van der Waals surface area (Å²) >= 11 is 0. The summed E-state index contributed by atoms with van der Waals surface area (Å²) in [6.07, 6.45) is 1.27. The Morgan fingerprint density at radius 3 is 2.59 bits per heavy atom. The Hall–Kier alpha value is -1.91. The number of rotatable bonds is 6. The number of hydrogen-bond donors (Lipinski definition) is 2. The van der Waals surface area contributed by atoms with Crippen LogP contribution in [-0.2, 0) is 9.59 Å². The van der Waals surface area contributed by atoms with Gasteiger partial charge in [0.1, 0.15) is 5.82 Å². The van der Waals surface area contributed by atoms with Gasteiger partial charge in [0.2, 0.25) is 5.91 Å². The zero-order chi connectivity index (χ0) is 12.7. The van der Waals surface area contributed by atoms with Crippen LogP contribution < -0.4 is 5.32 Å². The molecule has 1 aromatic rings. The number of carboxylic acids is 1. The molecule has 0 radical (unpaired) electrons. The van der Waals surface area contributed by atoms with E-state index in [4.69, 9.17) is 5.11 Å². The maximum Gasteiger partial charge on any atom is 0.303 e. The van der Waals surface area contributed by atoms with Crippen molar-refractivity contribution in [1.29, 1.82) is 0 Å². The second-order valence-electron chi connectivity index (χ2n) is 3.66. The Morgan fingerprint density at radius 1 is 1.24 bits per heavy atom. The number of anilines is 1. The van der Waals surface area contributed by atoms with Gasteiger partial charge >= 0.3 is 5.97 Å². The minimum atomic E-state index is -0.865. The molecule has 17 heavy (non-hydrogen) atoms. The standard InChI is InChI=1S/C12H14FNO3/c13-9-4-3-5-10(8-9)14-11(15)6-1-2-7-12(16)17/h3-5,8H,1-2,6-7H2,(H,14,15)(H,16,17). The van der Waals surface area contributed by atoms with Crippen molar-refractivity contribution in [2.24, 2.45) is 0 Å². The molecule has 4 nitrogen and oxygen atoms in total. The Kier molecular flexibility index (Phi) is 5.13. The van der Waals surface area contributed by atoms with Crippen LogP contribution in [0, 0.1) is 5.82 Å². The summed E-state index contributed by atoms with van der Waals surface area (Å²) in [5, 5.41) is 10.9. The zero-order valence-electron chi connectivity index (χ0n) is 9.28. The summed E-state index contributed by atoms with van der Waals surface area (Å²) < 4.78 is 12.8. The quantitative estimate of drug-likeness (QED) is 0.749. The first-order valence-electron chi connectivity index (χ1n) is 5.35. The van der Waals surface area contributed by atoms with Crippen LogP contribution in [0.4, 0.5) is 10.1 Å². The lowest BCUT2D eigenvalue weighted by Gasteiger charge is -2.04. The molecule has 0 aliphatic rings. The summed E-state index contributed by atoms with van der Waals surface area (Å²) in [4.78, 5) is 21.6. The van der Waals surface area contributed by atoms with Crippen LogP contribution in [0.1, 0.15) is 25.7 Å². The van der Waals surface area contributed by atoms with Crippen molar-refractivity contribution in [2.45, 2.75) is 25.7 Å².